The van der Waals surface area contributed by atoms with Crippen molar-refractivity contribution in [2.45, 2.75) is 90.4 Å². The van der Waals surface area contributed by atoms with Gasteiger partial charge in [0.1, 0.15) is 0 Å². The Balaban J connectivity index is 1.61. The van der Waals surface area contributed by atoms with E-state index in [4.69, 9.17) is 10.2 Å². The Morgan fingerprint density at radius 1 is 0.654 bits per heavy atom. The maximum absolute atomic E-state index is 4.75. The molecule has 4 heteroatoms. The van der Waals surface area contributed by atoms with E-state index in [1.165, 1.54) is 38.5 Å². The first-order valence-corrected chi connectivity index (χ1v) is 10.3. The van der Waals surface area contributed by atoms with Gasteiger partial charge >= 0.3 is 0 Å². The standard InChI is InChI=1S/C22H34N4/c1-17-7-5-8-18(2)25(17)23-15-21-11-13-22(14-12-21)16-24-26-19(3)9-6-10-20(26)4/h11-20H,5-10H2,1-4H3/b23-15-,24-16-/t17-,18+,19-,20+. The first kappa shape index (κ1) is 18.9. The van der Waals surface area contributed by atoms with Crippen LogP contribution in [-0.4, -0.2) is 46.6 Å². The van der Waals surface area contributed by atoms with Crippen molar-refractivity contribution in [3.8, 4) is 0 Å². The van der Waals surface area contributed by atoms with E-state index in [2.05, 4.69) is 62.0 Å². The minimum absolute atomic E-state index is 0.537. The van der Waals surface area contributed by atoms with Crippen LogP contribution in [0.3, 0.4) is 0 Å². The number of hydrazone groups is 2. The SMILES string of the molecule is C[C@@H]1CCC[C@H](C)N1/N=C\c1ccc(/C=N\N2[C@H](C)CCC[C@@H]2C)cc1. The predicted octanol–water partition coefficient (Wildman–Crippen LogP) is 4.88. The van der Waals surface area contributed by atoms with E-state index in [1.807, 2.05) is 12.4 Å². The van der Waals surface area contributed by atoms with Gasteiger partial charge in [-0.25, -0.2) is 0 Å². The Morgan fingerprint density at radius 2 is 0.962 bits per heavy atom. The van der Waals surface area contributed by atoms with Crippen molar-refractivity contribution < 1.29 is 0 Å². The van der Waals surface area contributed by atoms with Gasteiger partial charge in [0.05, 0.1) is 12.4 Å². The normalized spacial score (nSPS) is 30.5. The summed E-state index contributed by atoms with van der Waals surface area (Å²) in [5, 5.41) is 14.0. The Kier molecular flexibility index (Phi) is 6.33. The van der Waals surface area contributed by atoms with Crippen molar-refractivity contribution in [1.82, 2.24) is 10.0 Å². The molecule has 2 heterocycles. The maximum atomic E-state index is 4.75. The van der Waals surface area contributed by atoms with E-state index in [0.29, 0.717) is 24.2 Å². The summed E-state index contributed by atoms with van der Waals surface area (Å²) in [6.07, 6.45) is 11.6. The topological polar surface area (TPSA) is 31.2 Å². The molecular formula is C22H34N4. The third-order valence-corrected chi connectivity index (χ3v) is 5.91. The Morgan fingerprint density at radius 3 is 1.27 bits per heavy atom. The number of nitrogens with zero attached hydrogens (tertiary/aromatic N) is 4. The van der Waals surface area contributed by atoms with Crippen LogP contribution in [-0.2, 0) is 0 Å². The molecule has 0 aliphatic carbocycles. The van der Waals surface area contributed by atoms with E-state index < -0.39 is 0 Å². The molecule has 0 spiro atoms. The Bertz CT molecular complexity index is 547. The third-order valence-electron chi connectivity index (χ3n) is 5.91. The van der Waals surface area contributed by atoms with E-state index in [9.17, 15) is 0 Å². The molecule has 0 radical (unpaired) electrons. The van der Waals surface area contributed by atoms with Crippen molar-refractivity contribution in [2.75, 3.05) is 0 Å². The van der Waals surface area contributed by atoms with Gasteiger partial charge < -0.3 is 0 Å². The van der Waals surface area contributed by atoms with Crippen LogP contribution in [0.2, 0.25) is 0 Å². The number of hydrogen-bond donors (Lipinski definition) is 0. The smallest absolute Gasteiger partial charge is 0.0543 e. The highest BCUT2D eigenvalue weighted by Crippen LogP contribution is 2.23. The van der Waals surface area contributed by atoms with Gasteiger partial charge in [0.15, 0.2) is 0 Å². The second kappa shape index (κ2) is 8.70. The zero-order valence-electron chi connectivity index (χ0n) is 16.8. The zero-order chi connectivity index (χ0) is 18.5. The van der Waals surface area contributed by atoms with Crippen molar-refractivity contribution in [3.63, 3.8) is 0 Å². The molecule has 0 saturated carbocycles. The molecule has 2 aliphatic heterocycles. The summed E-state index contributed by atoms with van der Waals surface area (Å²) < 4.78 is 0. The van der Waals surface area contributed by atoms with Crippen LogP contribution >= 0.6 is 0 Å². The molecule has 0 unspecified atom stereocenters. The first-order chi connectivity index (χ1) is 12.5. The fraction of sp³-hybridized carbons (Fsp3) is 0.636. The molecule has 26 heavy (non-hydrogen) atoms. The van der Waals surface area contributed by atoms with E-state index in [-0.39, 0.29) is 0 Å². The van der Waals surface area contributed by atoms with Crippen molar-refractivity contribution >= 4 is 12.4 Å². The van der Waals surface area contributed by atoms with E-state index in [0.717, 1.165) is 11.1 Å². The highest BCUT2D eigenvalue weighted by Gasteiger charge is 2.23. The van der Waals surface area contributed by atoms with Crippen LogP contribution in [0.25, 0.3) is 0 Å². The van der Waals surface area contributed by atoms with Gasteiger partial charge in [0.2, 0.25) is 0 Å². The molecule has 1 aromatic rings. The molecule has 2 saturated heterocycles. The number of rotatable bonds is 4. The van der Waals surface area contributed by atoms with Gasteiger partial charge in [-0.05, 0) is 77.3 Å². The zero-order valence-corrected chi connectivity index (χ0v) is 16.8. The number of hydrogen-bond acceptors (Lipinski definition) is 4. The van der Waals surface area contributed by atoms with Gasteiger partial charge in [-0.1, -0.05) is 24.3 Å². The lowest BCUT2D eigenvalue weighted by Gasteiger charge is -2.36. The van der Waals surface area contributed by atoms with Gasteiger partial charge in [0.25, 0.3) is 0 Å². The molecule has 1 aromatic carbocycles. The van der Waals surface area contributed by atoms with Crippen molar-refractivity contribution in [2.24, 2.45) is 10.2 Å². The summed E-state index contributed by atoms with van der Waals surface area (Å²) in [5.41, 5.74) is 2.29. The summed E-state index contributed by atoms with van der Waals surface area (Å²) in [4.78, 5) is 0. The van der Waals surface area contributed by atoms with E-state index >= 15 is 0 Å². The minimum atomic E-state index is 0.537. The molecule has 3 rings (SSSR count). The summed E-state index contributed by atoms with van der Waals surface area (Å²) in [5.74, 6) is 0. The summed E-state index contributed by atoms with van der Waals surface area (Å²) in [6.45, 7) is 9.09. The molecule has 0 amide bonds. The molecule has 0 aromatic heterocycles. The van der Waals surface area contributed by atoms with Crippen LogP contribution in [0.5, 0.6) is 0 Å². The largest absolute Gasteiger partial charge is 0.292 e. The third kappa shape index (κ3) is 4.66. The summed E-state index contributed by atoms with van der Waals surface area (Å²) in [7, 11) is 0. The molecule has 4 nitrogen and oxygen atoms in total. The molecular weight excluding hydrogens is 320 g/mol. The predicted molar refractivity (Wildman–Crippen MR) is 111 cm³/mol. The van der Waals surface area contributed by atoms with Crippen LogP contribution in [0.4, 0.5) is 0 Å². The molecule has 142 valence electrons. The first-order valence-electron chi connectivity index (χ1n) is 10.3. The van der Waals surface area contributed by atoms with Gasteiger partial charge in [0, 0.05) is 24.2 Å². The fourth-order valence-electron chi connectivity index (χ4n) is 4.21. The van der Waals surface area contributed by atoms with Gasteiger partial charge in [-0.2, -0.15) is 10.2 Å². The molecule has 4 atom stereocenters. The summed E-state index contributed by atoms with van der Waals surface area (Å²) >= 11 is 0. The van der Waals surface area contributed by atoms with Gasteiger partial charge in [-0.15, -0.1) is 0 Å². The lowest BCUT2D eigenvalue weighted by atomic mass is 10.00. The molecule has 2 aliphatic rings. The van der Waals surface area contributed by atoms with Crippen LogP contribution in [0.15, 0.2) is 34.5 Å². The number of benzene rings is 1. The average molecular weight is 355 g/mol. The summed E-state index contributed by atoms with van der Waals surface area (Å²) in [6, 6.07) is 10.7. The Hall–Kier alpha value is -1.84. The Labute approximate surface area is 159 Å². The lowest BCUT2D eigenvalue weighted by molar-refractivity contribution is 0.109. The van der Waals surface area contributed by atoms with Crippen LogP contribution < -0.4 is 0 Å². The van der Waals surface area contributed by atoms with Crippen molar-refractivity contribution in [1.29, 1.82) is 0 Å². The number of piperidine rings is 2. The van der Waals surface area contributed by atoms with Crippen LogP contribution in [0, 0.1) is 0 Å². The second-order valence-electron chi connectivity index (χ2n) is 8.17. The second-order valence-corrected chi connectivity index (χ2v) is 8.17. The van der Waals surface area contributed by atoms with Gasteiger partial charge in [-0.3, -0.25) is 10.0 Å². The average Bonchev–Trinajstić information content (AvgIpc) is 2.62. The maximum Gasteiger partial charge on any atom is 0.0543 e. The lowest BCUT2D eigenvalue weighted by Crippen LogP contribution is -2.39. The van der Waals surface area contributed by atoms with Crippen molar-refractivity contribution in [3.05, 3.63) is 35.4 Å². The molecule has 2 fully saturated rings. The molecule has 0 bridgehead atoms. The fourth-order valence-corrected chi connectivity index (χ4v) is 4.21. The minimum Gasteiger partial charge on any atom is -0.292 e. The molecule has 0 N–H and O–H groups in total. The quantitative estimate of drug-likeness (QED) is 0.722. The highest BCUT2D eigenvalue weighted by atomic mass is 15.5. The van der Waals surface area contributed by atoms with E-state index in [1.54, 1.807) is 0 Å². The highest BCUT2D eigenvalue weighted by molar-refractivity contribution is 5.83. The van der Waals surface area contributed by atoms with Crippen LogP contribution in [0.1, 0.15) is 77.3 Å². The monoisotopic (exact) mass is 354 g/mol.